The maximum absolute atomic E-state index is 13.1. The Balaban J connectivity index is 2.10. The van der Waals surface area contributed by atoms with Crippen molar-refractivity contribution < 1.29 is 41.3 Å². The highest BCUT2D eigenvalue weighted by Gasteiger charge is 2.37. The molecule has 0 bridgehead atoms. The lowest BCUT2D eigenvalue weighted by molar-refractivity contribution is -0.137. The zero-order chi connectivity index (χ0) is 21.4. The Hall–Kier alpha value is -2.99. The third-order valence-corrected chi connectivity index (χ3v) is 5.87. The van der Waals surface area contributed by atoms with Crippen LogP contribution in [0.2, 0.25) is 0 Å². The average molecular weight is 432 g/mol. The highest BCUT2D eigenvalue weighted by Crippen LogP contribution is 2.39. The number of carboxylic acid groups (broad SMARTS) is 1. The standard InChI is InChI=1S/C17H15F3N2O6S/c18-17(19,20)10-2-1-3-13(6-10)29(26,27)22-8-12(9-23)28-15-5-4-11(7-14(15)22)21-16(24)25/h1-7,12,21,23H,8-9H2,(H,24,25). The van der Waals surface area contributed by atoms with Crippen molar-refractivity contribution in [1.82, 2.24) is 0 Å². The molecule has 1 atom stereocenters. The first-order valence-electron chi connectivity index (χ1n) is 8.14. The van der Waals surface area contributed by atoms with Crippen LogP contribution in [-0.4, -0.2) is 44.0 Å². The maximum atomic E-state index is 13.1. The molecular formula is C17H15F3N2O6S. The number of nitrogens with one attached hydrogen (secondary N) is 1. The molecule has 0 spiro atoms. The summed E-state index contributed by atoms with van der Waals surface area (Å²) in [5, 5.41) is 20.3. The molecule has 1 amide bonds. The zero-order valence-electron chi connectivity index (χ0n) is 14.5. The number of rotatable bonds is 4. The lowest BCUT2D eigenvalue weighted by Gasteiger charge is -2.35. The number of alkyl halides is 3. The largest absolute Gasteiger partial charge is 0.484 e. The van der Waals surface area contributed by atoms with Crippen molar-refractivity contribution in [2.75, 3.05) is 22.8 Å². The minimum Gasteiger partial charge on any atom is -0.484 e. The molecule has 0 aliphatic carbocycles. The molecule has 8 nitrogen and oxygen atoms in total. The predicted octanol–water partition coefficient (Wildman–Crippen LogP) is 2.74. The second-order valence-corrected chi connectivity index (χ2v) is 7.96. The van der Waals surface area contributed by atoms with E-state index in [0.29, 0.717) is 6.07 Å². The van der Waals surface area contributed by atoms with E-state index in [1.54, 1.807) is 0 Å². The number of fused-ring (bicyclic) bond motifs is 1. The number of hydrogen-bond donors (Lipinski definition) is 3. The van der Waals surface area contributed by atoms with Crippen molar-refractivity contribution in [3.05, 3.63) is 48.0 Å². The molecule has 0 saturated carbocycles. The van der Waals surface area contributed by atoms with E-state index in [9.17, 15) is 31.5 Å². The van der Waals surface area contributed by atoms with Crippen molar-refractivity contribution in [2.24, 2.45) is 0 Å². The number of anilines is 2. The van der Waals surface area contributed by atoms with Gasteiger partial charge in [0, 0.05) is 5.69 Å². The SMILES string of the molecule is O=C(O)Nc1ccc2c(c1)N(S(=O)(=O)c1cccc(C(F)(F)F)c1)CC(CO)O2. The van der Waals surface area contributed by atoms with Gasteiger partial charge in [0.2, 0.25) is 0 Å². The van der Waals surface area contributed by atoms with E-state index in [1.807, 2.05) is 0 Å². The molecule has 2 aromatic rings. The van der Waals surface area contributed by atoms with Crippen LogP contribution in [0.1, 0.15) is 5.56 Å². The van der Waals surface area contributed by atoms with E-state index in [-0.39, 0.29) is 23.7 Å². The molecule has 0 fully saturated rings. The molecule has 0 aromatic heterocycles. The Morgan fingerprint density at radius 2 is 1.97 bits per heavy atom. The van der Waals surface area contributed by atoms with Gasteiger partial charge in [0.1, 0.15) is 11.9 Å². The quantitative estimate of drug-likeness (QED) is 0.684. The van der Waals surface area contributed by atoms with Gasteiger partial charge in [-0.3, -0.25) is 9.62 Å². The summed E-state index contributed by atoms with van der Waals surface area (Å²) in [6, 6.07) is 7.06. The fraction of sp³-hybridized carbons (Fsp3) is 0.235. The molecule has 156 valence electrons. The van der Waals surface area contributed by atoms with Crippen molar-refractivity contribution in [3.8, 4) is 5.75 Å². The molecule has 2 aromatic carbocycles. The summed E-state index contributed by atoms with van der Waals surface area (Å²) in [6.45, 7) is -0.915. The topological polar surface area (TPSA) is 116 Å². The third-order valence-electron chi connectivity index (χ3n) is 4.09. The monoisotopic (exact) mass is 432 g/mol. The fourth-order valence-electron chi connectivity index (χ4n) is 2.80. The molecule has 3 N–H and O–H groups in total. The average Bonchev–Trinajstić information content (AvgIpc) is 2.66. The van der Waals surface area contributed by atoms with Crippen LogP contribution in [0.3, 0.4) is 0 Å². The Morgan fingerprint density at radius 3 is 2.59 bits per heavy atom. The number of aliphatic hydroxyl groups is 1. The molecule has 29 heavy (non-hydrogen) atoms. The summed E-state index contributed by atoms with van der Waals surface area (Å²) in [5.74, 6) is 0.0294. The molecule has 1 unspecified atom stereocenters. The van der Waals surface area contributed by atoms with Gasteiger partial charge in [0.25, 0.3) is 10.0 Å². The van der Waals surface area contributed by atoms with Gasteiger partial charge < -0.3 is 14.9 Å². The molecule has 1 aliphatic rings. The van der Waals surface area contributed by atoms with Crippen molar-refractivity contribution >= 4 is 27.5 Å². The molecule has 12 heteroatoms. The number of aliphatic hydroxyl groups excluding tert-OH is 1. The van der Waals surface area contributed by atoms with Crippen LogP contribution in [0.15, 0.2) is 47.4 Å². The molecule has 3 rings (SSSR count). The van der Waals surface area contributed by atoms with Crippen LogP contribution in [0.4, 0.5) is 29.3 Å². The predicted molar refractivity (Wildman–Crippen MR) is 95.6 cm³/mol. The van der Waals surface area contributed by atoms with Crippen LogP contribution < -0.4 is 14.4 Å². The summed E-state index contributed by atoms with van der Waals surface area (Å²) >= 11 is 0. The lowest BCUT2D eigenvalue weighted by Crippen LogP contribution is -2.45. The van der Waals surface area contributed by atoms with Crippen LogP contribution in [0.25, 0.3) is 0 Å². The van der Waals surface area contributed by atoms with Gasteiger partial charge in [0.05, 0.1) is 29.3 Å². The first-order valence-corrected chi connectivity index (χ1v) is 9.58. The fourth-order valence-corrected chi connectivity index (χ4v) is 4.34. The van der Waals surface area contributed by atoms with E-state index in [1.165, 1.54) is 18.2 Å². The minimum absolute atomic E-state index is 0.0294. The molecule has 0 saturated heterocycles. The Morgan fingerprint density at radius 1 is 1.24 bits per heavy atom. The second kappa shape index (κ2) is 7.44. The van der Waals surface area contributed by atoms with Crippen LogP contribution in [0.5, 0.6) is 5.75 Å². The highest BCUT2D eigenvalue weighted by atomic mass is 32.2. The summed E-state index contributed by atoms with van der Waals surface area (Å²) in [7, 11) is -4.48. The molecule has 1 aliphatic heterocycles. The van der Waals surface area contributed by atoms with Gasteiger partial charge >= 0.3 is 12.3 Å². The highest BCUT2D eigenvalue weighted by molar-refractivity contribution is 7.92. The molecule has 0 radical (unpaired) electrons. The van der Waals surface area contributed by atoms with Crippen molar-refractivity contribution in [3.63, 3.8) is 0 Å². The Bertz CT molecular complexity index is 1040. The Labute approximate surface area is 163 Å². The van der Waals surface area contributed by atoms with Crippen LogP contribution in [0, 0.1) is 0 Å². The zero-order valence-corrected chi connectivity index (χ0v) is 15.4. The first-order chi connectivity index (χ1) is 13.5. The number of ether oxygens (including phenoxy) is 1. The summed E-state index contributed by atoms with van der Waals surface area (Å²) in [4.78, 5) is 10.2. The van der Waals surface area contributed by atoms with Crippen LogP contribution in [-0.2, 0) is 16.2 Å². The van der Waals surface area contributed by atoms with E-state index < -0.39 is 45.5 Å². The van der Waals surface area contributed by atoms with E-state index in [4.69, 9.17) is 9.84 Å². The van der Waals surface area contributed by atoms with Gasteiger partial charge in [-0.05, 0) is 36.4 Å². The first kappa shape index (κ1) is 20.7. The second-order valence-electron chi connectivity index (χ2n) is 6.10. The number of nitrogens with zero attached hydrogens (tertiary/aromatic N) is 1. The number of amides is 1. The lowest BCUT2D eigenvalue weighted by atomic mass is 10.2. The van der Waals surface area contributed by atoms with E-state index in [0.717, 1.165) is 22.5 Å². The number of hydrogen-bond acceptors (Lipinski definition) is 5. The number of benzene rings is 2. The molecule has 1 heterocycles. The maximum Gasteiger partial charge on any atom is 0.416 e. The van der Waals surface area contributed by atoms with Crippen molar-refractivity contribution in [1.29, 1.82) is 0 Å². The minimum atomic E-state index is -4.74. The molecular weight excluding hydrogens is 417 g/mol. The van der Waals surface area contributed by atoms with Gasteiger partial charge in [-0.2, -0.15) is 13.2 Å². The third kappa shape index (κ3) is 4.22. The van der Waals surface area contributed by atoms with Gasteiger partial charge in [-0.25, -0.2) is 13.2 Å². The normalized spacial score (nSPS) is 16.7. The van der Waals surface area contributed by atoms with E-state index in [2.05, 4.69) is 5.32 Å². The van der Waals surface area contributed by atoms with Gasteiger partial charge in [-0.1, -0.05) is 6.07 Å². The summed E-state index contributed by atoms with van der Waals surface area (Å²) in [6.07, 6.45) is -7.08. The number of halogens is 3. The number of sulfonamides is 1. The van der Waals surface area contributed by atoms with Gasteiger partial charge in [0.15, 0.2) is 0 Å². The summed E-state index contributed by atoms with van der Waals surface area (Å²) in [5.41, 5.74) is -1.17. The Kier molecular flexibility index (Phi) is 5.32. The van der Waals surface area contributed by atoms with Crippen LogP contribution >= 0.6 is 0 Å². The van der Waals surface area contributed by atoms with Crippen molar-refractivity contribution in [2.45, 2.75) is 17.2 Å². The summed E-state index contributed by atoms with van der Waals surface area (Å²) < 4.78 is 71.5. The smallest absolute Gasteiger partial charge is 0.416 e. The van der Waals surface area contributed by atoms with E-state index >= 15 is 0 Å². The number of carbonyl (C=O) groups is 1. The van der Waals surface area contributed by atoms with Gasteiger partial charge in [-0.15, -0.1) is 0 Å².